The van der Waals surface area contributed by atoms with Crippen LogP contribution in [0.4, 0.5) is 0 Å². The van der Waals surface area contributed by atoms with E-state index in [-0.39, 0.29) is 0 Å². The normalized spacial score (nSPS) is 10.7. The molecule has 6 heteroatoms. The highest BCUT2D eigenvalue weighted by Gasteiger charge is 2.13. The number of benzene rings is 2. The van der Waals surface area contributed by atoms with E-state index in [1.807, 2.05) is 25.1 Å². The number of aromatic nitrogens is 3. The molecule has 1 heterocycles. The van der Waals surface area contributed by atoms with Crippen LogP contribution in [0.15, 0.2) is 47.6 Å². The van der Waals surface area contributed by atoms with Gasteiger partial charge in [0.15, 0.2) is 5.16 Å². The maximum Gasteiger partial charge on any atom is 0.196 e. The molecule has 0 aliphatic rings. The Balaban J connectivity index is 1.86. The lowest BCUT2D eigenvalue weighted by molar-refractivity contribution is 0.400. The second-order valence-corrected chi connectivity index (χ2v) is 6.61. The van der Waals surface area contributed by atoms with Gasteiger partial charge in [-0.1, -0.05) is 29.5 Å². The Kier molecular flexibility index (Phi) is 5.28. The predicted molar refractivity (Wildman–Crippen MR) is 99.9 cm³/mol. The molecule has 0 fully saturated rings. The summed E-state index contributed by atoms with van der Waals surface area (Å²) in [7, 11) is 3.34. The van der Waals surface area contributed by atoms with E-state index in [4.69, 9.17) is 9.47 Å². The number of nitrogens with zero attached hydrogens (tertiary/aromatic N) is 3. The van der Waals surface area contributed by atoms with E-state index in [0.717, 1.165) is 33.7 Å². The minimum Gasteiger partial charge on any atom is -0.497 e. The van der Waals surface area contributed by atoms with E-state index in [9.17, 15) is 0 Å². The lowest BCUT2D eigenvalue weighted by Crippen LogP contribution is -1.99. The quantitative estimate of drug-likeness (QED) is 0.621. The van der Waals surface area contributed by atoms with Crippen LogP contribution in [0.1, 0.15) is 17.0 Å². The number of aryl methyl sites for hydroxylation is 2. The highest BCUT2D eigenvalue weighted by atomic mass is 32.2. The maximum atomic E-state index is 5.45. The van der Waals surface area contributed by atoms with Crippen molar-refractivity contribution in [2.45, 2.75) is 24.8 Å². The molecule has 0 spiro atoms. The monoisotopic (exact) mass is 355 g/mol. The molecule has 0 bridgehead atoms. The van der Waals surface area contributed by atoms with E-state index >= 15 is 0 Å². The Hall–Kier alpha value is -2.47. The number of thioether (sulfide) groups is 1. The van der Waals surface area contributed by atoms with Crippen LogP contribution < -0.4 is 9.47 Å². The van der Waals surface area contributed by atoms with E-state index < -0.39 is 0 Å². The maximum absolute atomic E-state index is 5.45. The van der Waals surface area contributed by atoms with E-state index in [2.05, 4.69) is 46.0 Å². The van der Waals surface area contributed by atoms with E-state index in [1.165, 1.54) is 5.56 Å². The summed E-state index contributed by atoms with van der Waals surface area (Å²) < 4.78 is 12.8. The summed E-state index contributed by atoms with van der Waals surface area (Å²) in [6, 6.07) is 14.2. The summed E-state index contributed by atoms with van der Waals surface area (Å²) in [6.07, 6.45) is 0. The molecule has 1 aromatic heterocycles. The van der Waals surface area contributed by atoms with Gasteiger partial charge in [-0.3, -0.25) is 4.57 Å². The molecule has 25 heavy (non-hydrogen) atoms. The molecular formula is C19H21N3O2S. The van der Waals surface area contributed by atoms with Gasteiger partial charge in [-0.15, -0.1) is 10.2 Å². The smallest absolute Gasteiger partial charge is 0.196 e. The van der Waals surface area contributed by atoms with Crippen molar-refractivity contribution in [3.63, 3.8) is 0 Å². The summed E-state index contributed by atoms with van der Waals surface area (Å²) in [4.78, 5) is 0. The first-order chi connectivity index (χ1) is 12.1. The zero-order chi connectivity index (χ0) is 17.8. The predicted octanol–water partition coefficient (Wildman–Crippen LogP) is 4.19. The molecular weight excluding hydrogens is 334 g/mol. The molecule has 0 saturated heterocycles. The Bertz CT molecular complexity index is 860. The van der Waals surface area contributed by atoms with Crippen molar-refractivity contribution in [2.75, 3.05) is 14.2 Å². The van der Waals surface area contributed by atoms with Crippen molar-refractivity contribution < 1.29 is 9.47 Å². The molecule has 2 aromatic carbocycles. The summed E-state index contributed by atoms with van der Waals surface area (Å²) in [6.45, 7) is 4.04. The van der Waals surface area contributed by atoms with E-state index in [1.54, 1.807) is 26.0 Å². The van der Waals surface area contributed by atoms with Crippen LogP contribution in [0.2, 0.25) is 0 Å². The molecule has 0 N–H and O–H groups in total. The molecule has 0 aliphatic carbocycles. The van der Waals surface area contributed by atoms with Crippen LogP contribution in [0, 0.1) is 13.8 Å². The van der Waals surface area contributed by atoms with Crippen molar-refractivity contribution in [2.24, 2.45) is 0 Å². The Morgan fingerprint density at radius 3 is 2.40 bits per heavy atom. The van der Waals surface area contributed by atoms with Gasteiger partial charge in [-0.25, -0.2) is 0 Å². The highest BCUT2D eigenvalue weighted by molar-refractivity contribution is 7.98. The average molecular weight is 355 g/mol. The Morgan fingerprint density at radius 2 is 1.72 bits per heavy atom. The average Bonchev–Trinajstić information content (AvgIpc) is 3.01. The number of ether oxygens (including phenoxy) is 2. The van der Waals surface area contributed by atoms with Gasteiger partial charge < -0.3 is 9.47 Å². The van der Waals surface area contributed by atoms with Gasteiger partial charge in [-0.2, -0.15) is 0 Å². The Labute approximate surface area is 152 Å². The summed E-state index contributed by atoms with van der Waals surface area (Å²) in [5.74, 6) is 3.23. The van der Waals surface area contributed by atoms with Crippen LogP contribution in [0.25, 0.3) is 5.69 Å². The van der Waals surface area contributed by atoms with Gasteiger partial charge in [0.2, 0.25) is 0 Å². The van der Waals surface area contributed by atoms with Crippen LogP contribution in [0.3, 0.4) is 0 Å². The first-order valence-corrected chi connectivity index (χ1v) is 8.93. The number of hydrogen-bond donors (Lipinski definition) is 0. The SMILES string of the molecule is COc1ccc(OC)c(CSc2nnc(C)n2-c2ccc(C)cc2)c1. The third kappa shape index (κ3) is 3.79. The summed E-state index contributed by atoms with van der Waals surface area (Å²) in [5, 5.41) is 9.42. The van der Waals surface area contributed by atoms with Crippen LogP contribution in [0.5, 0.6) is 11.5 Å². The van der Waals surface area contributed by atoms with Gasteiger partial charge in [0.05, 0.1) is 14.2 Å². The molecule has 3 aromatic rings. The molecule has 0 aliphatic heterocycles. The minimum absolute atomic E-state index is 0.713. The highest BCUT2D eigenvalue weighted by Crippen LogP contribution is 2.31. The second-order valence-electron chi connectivity index (χ2n) is 5.67. The largest absolute Gasteiger partial charge is 0.497 e. The van der Waals surface area contributed by atoms with Crippen molar-refractivity contribution in [1.82, 2.24) is 14.8 Å². The molecule has 0 unspecified atom stereocenters. The Morgan fingerprint density at radius 1 is 0.960 bits per heavy atom. The van der Waals surface area contributed by atoms with Crippen LogP contribution >= 0.6 is 11.8 Å². The van der Waals surface area contributed by atoms with Gasteiger partial charge in [0.1, 0.15) is 17.3 Å². The second kappa shape index (κ2) is 7.61. The first kappa shape index (κ1) is 17.4. The van der Waals surface area contributed by atoms with Gasteiger partial charge in [0, 0.05) is 17.0 Å². The molecule has 0 radical (unpaired) electrons. The third-order valence-corrected chi connectivity index (χ3v) is 4.91. The minimum atomic E-state index is 0.713. The fourth-order valence-electron chi connectivity index (χ4n) is 2.56. The van der Waals surface area contributed by atoms with Crippen molar-refractivity contribution >= 4 is 11.8 Å². The van der Waals surface area contributed by atoms with Gasteiger partial charge in [-0.05, 0) is 44.2 Å². The van der Waals surface area contributed by atoms with Crippen molar-refractivity contribution in [1.29, 1.82) is 0 Å². The van der Waals surface area contributed by atoms with Crippen molar-refractivity contribution in [3.8, 4) is 17.2 Å². The molecule has 3 rings (SSSR count). The summed E-state index contributed by atoms with van der Waals surface area (Å²) >= 11 is 1.62. The van der Waals surface area contributed by atoms with Crippen LogP contribution in [-0.2, 0) is 5.75 Å². The first-order valence-electron chi connectivity index (χ1n) is 7.95. The van der Waals surface area contributed by atoms with E-state index in [0.29, 0.717) is 5.75 Å². The lowest BCUT2D eigenvalue weighted by Gasteiger charge is -2.11. The third-order valence-electron chi connectivity index (χ3n) is 3.93. The number of hydrogen-bond acceptors (Lipinski definition) is 5. The molecule has 130 valence electrons. The number of rotatable bonds is 6. The molecule has 0 atom stereocenters. The van der Waals surface area contributed by atoms with Crippen LogP contribution in [-0.4, -0.2) is 29.0 Å². The zero-order valence-electron chi connectivity index (χ0n) is 14.8. The molecule has 0 amide bonds. The van der Waals surface area contributed by atoms with Gasteiger partial charge in [0.25, 0.3) is 0 Å². The molecule has 0 saturated carbocycles. The summed E-state index contributed by atoms with van der Waals surface area (Å²) in [5.41, 5.74) is 3.35. The fourth-order valence-corrected chi connectivity index (χ4v) is 3.54. The van der Waals surface area contributed by atoms with Gasteiger partial charge >= 0.3 is 0 Å². The topological polar surface area (TPSA) is 49.2 Å². The lowest BCUT2D eigenvalue weighted by atomic mass is 10.2. The zero-order valence-corrected chi connectivity index (χ0v) is 15.6. The van der Waals surface area contributed by atoms with Crippen molar-refractivity contribution in [3.05, 3.63) is 59.4 Å². The standard InChI is InChI=1S/C19H21N3O2S/c1-13-5-7-16(8-6-13)22-14(2)20-21-19(22)25-12-15-11-17(23-3)9-10-18(15)24-4/h5-11H,12H2,1-4H3. The molecule has 5 nitrogen and oxygen atoms in total. The number of methoxy groups -OCH3 is 2. The fraction of sp³-hybridized carbons (Fsp3) is 0.263.